The lowest BCUT2D eigenvalue weighted by Crippen LogP contribution is -2.38. The first kappa shape index (κ1) is 8.05. The fraction of sp³-hybridized carbons (Fsp3) is 0.444. The van der Waals surface area contributed by atoms with Gasteiger partial charge in [0.25, 0.3) is 0 Å². The molecule has 2 nitrogen and oxygen atoms in total. The average Bonchev–Trinajstić information content (AvgIpc) is 2.02. The van der Waals surface area contributed by atoms with E-state index < -0.39 is 0 Å². The van der Waals surface area contributed by atoms with Gasteiger partial charge < -0.3 is 4.90 Å². The molecule has 1 saturated heterocycles. The largest absolute Gasteiger partial charge is 0.356 e. The summed E-state index contributed by atoms with van der Waals surface area (Å²) >= 11 is 3.46. The Labute approximate surface area is 80.7 Å². The summed E-state index contributed by atoms with van der Waals surface area (Å²) in [6.07, 6.45) is 3.16. The zero-order valence-corrected chi connectivity index (χ0v) is 8.42. The molecule has 1 aromatic rings. The average molecular weight is 227 g/mol. The second-order valence-corrected chi connectivity index (χ2v) is 3.52. The molecule has 0 unspecified atom stereocenters. The molecule has 0 amide bonds. The molecule has 0 spiro atoms. The maximum atomic E-state index is 4.37. The van der Waals surface area contributed by atoms with Gasteiger partial charge in [0, 0.05) is 30.2 Å². The van der Waals surface area contributed by atoms with E-state index in [1.54, 1.807) is 0 Å². The molecule has 1 aromatic heterocycles. The molecule has 0 aliphatic carbocycles. The van der Waals surface area contributed by atoms with Crippen molar-refractivity contribution in [2.24, 2.45) is 0 Å². The van der Waals surface area contributed by atoms with Crippen LogP contribution in [0.15, 0.2) is 18.3 Å². The molecule has 2 heterocycles. The first-order valence-corrected chi connectivity index (χ1v) is 5.29. The smallest absolute Gasteiger partial charge is 0.132 e. The molecule has 2 rings (SSSR count). The Kier molecular flexibility index (Phi) is 2.30. The molecule has 0 bridgehead atoms. The van der Waals surface area contributed by atoms with E-state index in [1.165, 1.54) is 12.0 Å². The van der Waals surface area contributed by atoms with Gasteiger partial charge in [0.2, 0.25) is 0 Å². The normalized spacial score (nSPS) is 15.9. The van der Waals surface area contributed by atoms with Crippen molar-refractivity contribution in [3.63, 3.8) is 0 Å². The molecule has 1 fully saturated rings. The number of rotatable bonds is 2. The number of anilines is 1. The van der Waals surface area contributed by atoms with Gasteiger partial charge in [0.1, 0.15) is 5.82 Å². The van der Waals surface area contributed by atoms with Crippen molar-refractivity contribution in [3.05, 3.63) is 23.9 Å². The minimum atomic E-state index is 0.896. The first-order chi connectivity index (χ1) is 5.92. The van der Waals surface area contributed by atoms with Crippen LogP contribution in [-0.4, -0.2) is 18.1 Å². The van der Waals surface area contributed by atoms with Gasteiger partial charge in [-0.1, -0.05) is 22.0 Å². The minimum absolute atomic E-state index is 0.896. The predicted molar refractivity (Wildman–Crippen MR) is 53.7 cm³/mol. The number of hydrogen-bond acceptors (Lipinski definition) is 2. The van der Waals surface area contributed by atoms with Gasteiger partial charge in [-0.2, -0.15) is 0 Å². The summed E-state index contributed by atoms with van der Waals surface area (Å²) in [5.74, 6) is 1.15. The zero-order chi connectivity index (χ0) is 8.39. The minimum Gasteiger partial charge on any atom is -0.356 e. The van der Waals surface area contributed by atoms with E-state index in [0.717, 1.165) is 24.2 Å². The maximum Gasteiger partial charge on any atom is 0.132 e. The van der Waals surface area contributed by atoms with Crippen molar-refractivity contribution in [1.29, 1.82) is 0 Å². The second kappa shape index (κ2) is 3.44. The fourth-order valence-electron chi connectivity index (χ4n) is 1.35. The van der Waals surface area contributed by atoms with Crippen LogP contribution in [0.2, 0.25) is 0 Å². The molecule has 1 aliphatic rings. The van der Waals surface area contributed by atoms with Crippen molar-refractivity contribution in [1.82, 2.24) is 4.98 Å². The lowest BCUT2D eigenvalue weighted by atomic mass is 10.2. The molecule has 0 N–H and O–H groups in total. The molecule has 0 aromatic carbocycles. The SMILES string of the molecule is BrCc1cccnc1N1CCC1. The van der Waals surface area contributed by atoms with E-state index in [4.69, 9.17) is 0 Å². The van der Waals surface area contributed by atoms with Gasteiger partial charge in [0.05, 0.1) is 0 Å². The highest BCUT2D eigenvalue weighted by Crippen LogP contribution is 2.23. The molecule has 64 valence electrons. The third-order valence-electron chi connectivity index (χ3n) is 2.17. The van der Waals surface area contributed by atoms with Crippen molar-refractivity contribution in [2.75, 3.05) is 18.0 Å². The van der Waals surface area contributed by atoms with Gasteiger partial charge in [0.15, 0.2) is 0 Å². The van der Waals surface area contributed by atoms with Crippen LogP contribution in [-0.2, 0) is 5.33 Å². The van der Waals surface area contributed by atoms with Crippen LogP contribution in [0.4, 0.5) is 5.82 Å². The summed E-state index contributed by atoms with van der Waals surface area (Å²) in [6.45, 7) is 2.33. The number of pyridine rings is 1. The summed E-state index contributed by atoms with van der Waals surface area (Å²) in [5.41, 5.74) is 1.29. The Morgan fingerprint density at radius 2 is 2.33 bits per heavy atom. The van der Waals surface area contributed by atoms with Gasteiger partial charge in [-0.05, 0) is 12.5 Å². The van der Waals surface area contributed by atoms with E-state index in [9.17, 15) is 0 Å². The first-order valence-electron chi connectivity index (χ1n) is 4.16. The number of nitrogens with zero attached hydrogens (tertiary/aromatic N) is 2. The lowest BCUT2D eigenvalue weighted by Gasteiger charge is -2.33. The van der Waals surface area contributed by atoms with Crippen LogP contribution < -0.4 is 4.90 Å². The maximum absolute atomic E-state index is 4.37. The van der Waals surface area contributed by atoms with E-state index in [0.29, 0.717) is 0 Å². The summed E-state index contributed by atoms with van der Waals surface area (Å²) in [7, 11) is 0. The third kappa shape index (κ3) is 1.33. The van der Waals surface area contributed by atoms with Crippen LogP contribution in [0.5, 0.6) is 0 Å². The Hall–Kier alpha value is -0.570. The highest BCUT2D eigenvalue weighted by Gasteiger charge is 2.17. The molecular formula is C9H11BrN2. The van der Waals surface area contributed by atoms with Crippen molar-refractivity contribution in [3.8, 4) is 0 Å². The van der Waals surface area contributed by atoms with Gasteiger partial charge >= 0.3 is 0 Å². The summed E-state index contributed by atoms with van der Waals surface area (Å²) in [5, 5.41) is 0.896. The highest BCUT2D eigenvalue weighted by molar-refractivity contribution is 9.08. The number of halogens is 1. The zero-order valence-electron chi connectivity index (χ0n) is 6.83. The Morgan fingerprint density at radius 1 is 1.50 bits per heavy atom. The van der Waals surface area contributed by atoms with Gasteiger partial charge in [-0.15, -0.1) is 0 Å². The molecular weight excluding hydrogens is 216 g/mol. The van der Waals surface area contributed by atoms with E-state index >= 15 is 0 Å². The topological polar surface area (TPSA) is 16.1 Å². The molecule has 0 atom stereocenters. The summed E-state index contributed by atoms with van der Waals surface area (Å²) in [6, 6.07) is 4.11. The fourth-order valence-corrected chi connectivity index (χ4v) is 1.79. The summed E-state index contributed by atoms with van der Waals surface area (Å²) in [4.78, 5) is 6.68. The number of hydrogen-bond donors (Lipinski definition) is 0. The second-order valence-electron chi connectivity index (χ2n) is 2.96. The Morgan fingerprint density at radius 3 is 2.92 bits per heavy atom. The van der Waals surface area contributed by atoms with Gasteiger partial charge in [-0.3, -0.25) is 0 Å². The Balaban J connectivity index is 2.27. The number of alkyl halides is 1. The van der Waals surface area contributed by atoms with Gasteiger partial charge in [-0.25, -0.2) is 4.98 Å². The third-order valence-corrected chi connectivity index (χ3v) is 2.77. The van der Waals surface area contributed by atoms with E-state index in [-0.39, 0.29) is 0 Å². The predicted octanol–water partition coefficient (Wildman–Crippen LogP) is 2.19. The molecule has 0 radical (unpaired) electrons. The van der Waals surface area contributed by atoms with E-state index in [1.807, 2.05) is 12.3 Å². The standard InChI is InChI=1S/C9H11BrN2/c10-7-8-3-1-4-11-9(8)12-5-2-6-12/h1,3-4H,2,5-7H2. The van der Waals surface area contributed by atoms with Crippen molar-refractivity contribution in [2.45, 2.75) is 11.8 Å². The Bertz CT molecular complexity index is 271. The van der Waals surface area contributed by atoms with Crippen LogP contribution >= 0.6 is 15.9 Å². The quantitative estimate of drug-likeness (QED) is 0.720. The van der Waals surface area contributed by atoms with Crippen LogP contribution in [0, 0.1) is 0 Å². The molecule has 1 aliphatic heterocycles. The van der Waals surface area contributed by atoms with Crippen molar-refractivity contribution >= 4 is 21.7 Å². The van der Waals surface area contributed by atoms with Crippen molar-refractivity contribution < 1.29 is 0 Å². The lowest BCUT2D eigenvalue weighted by molar-refractivity contribution is 0.608. The van der Waals surface area contributed by atoms with Crippen LogP contribution in [0.25, 0.3) is 0 Å². The molecule has 12 heavy (non-hydrogen) atoms. The van der Waals surface area contributed by atoms with Crippen LogP contribution in [0.1, 0.15) is 12.0 Å². The monoisotopic (exact) mass is 226 g/mol. The summed E-state index contributed by atoms with van der Waals surface area (Å²) < 4.78 is 0. The highest BCUT2D eigenvalue weighted by atomic mass is 79.9. The molecule has 0 saturated carbocycles. The van der Waals surface area contributed by atoms with E-state index in [2.05, 4.69) is 31.9 Å². The van der Waals surface area contributed by atoms with Crippen LogP contribution in [0.3, 0.4) is 0 Å². The number of aromatic nitrogens is 1. The molecule has 3 heteroatoms.